The fraction of sp³-hybridized carbons (Fsp3) is 0.529. The van der Waals surface area contributed by atoms with Crippen LogP contribution in [0.2, 0.25) is 0 Å². The molecule has 0 radical (unpaired) electrons. The minimum Gasteiger partial charge on any atom is -0.377 e. The Morgan fingerprint density at radius 3 is 2.73 bits per heavy atom. The van der Waals surface area contributed by atoms with Gasteiger partial charge in [0.1, 0.15) is 0 Å². The van der Waals surface area contributed by atoms with Gasteiger partial charge in [-0.25, -0.2) is 4.79 Å². The van der Waals surface area contributed by atoms with Gasteiger partial charge in [-0.1, -0.05) is 19.1 Å². The summed E-state index contributed by atoms with van der Waals surface area (Å²) in [4.78, 5) is 14.2. The molecule has 1 saturated heterocycles. The summed E-state index contributed by atoms with van der Waals surface area (Å²) in [6.07, 6.45) is 0.878. The number of anilines is 1. The molecule has 0 bridgehead atoms. The third-order valence-corrected chi connectivity index (χ3v) is 4.10. The maximum Gasteiger partial charge on any atom is 0.322 e. The second-order valence-electron chi connectivity index (χ2n) is 6.07. The molecule has 0 saturated carbocycles. The average molecular weight is 301 g/mol. The summed E-state index contributed by atoms with van der Waals surface area (Å²) in [6.45, 7) is 7.60. The minimum atomic E-state index is -0.528. The van der Waals surface area contributed by atoms with Crippen molar-refractivity contribution in [3.05, 3.63) is 29.8 Å². The number of benzene rings is 1. The van der Waals surface area contributed by atoms with E-state index in [0.29, 0.717) is 19.8 Å². The van der Waals surface area contributed by atoms with Gasteiger partial charge in [0.15, 0.2) is 0 Å². The summed E-state index contributed by atoms with van der Waals surface area (Å²) in [5, 5.41) is 12.1. The number of amides is 2. The van der Waals surface area contributed by atoms with E-state index < -0.39 is 5.41 Å². The van der Waals surface area contributed by atoms with E-state index in [2.05, 4.69) is 18.3 Å². The average Bonchev–Trinajstić information content (AvgIpc) is 2.55. The van der Waals surface area contributed by atoms with Crippen LogP contribution in [0.5, 0.6) is 0 Å². The number of morpholine rings is 1. The maximum atomic E-state index is 12.4. The van der Waals surface area contributed by atoms with Gasteiger partial charge in [-0.3, -0.25) is 0 Å². The first-order chi connectivity index (χ1) is 10.5. The van der Waals surface area contributed by atoms with Crippen LogP contribution in [0.25, 0.3) is 0 Å². The number of nitriles is 1. The first kappa shape index (κ1) is 16.3. The zero-order chi connectivity index (χ0) is 16.2. The molecule has 0 spiro atoms. The summed E-state index contributed by atoms with van der Waals surface area (Å²) in [7, 11) is 0. The first-order valence-electron chi connectivity index (χ1n) is 7.65. The second-order valence-corrected chi connectivity index (χ2v) is 6.07. The van der Waals surface area contributed by atoms with E-state index >= 15 is 0 Å². The van der Waals surface area contributed by atoms with Crippen molar-refractivity contribution in [2.75, 3.05) is 25.1 Å². The van der Waals surface area contributed by atoms with E-state index in [1.54, 1.807) is 0 Å². The quantitative estimate of drug-likeness (QED) is 0.932. The molecule has 0 aliphatic carbocycles. The van der Waals surface area contributed by atoms with Crippen LogP contribution in [0.3, 0.4) is 0 Å². The molecular formula is C17H23N3O2. The fourth-order valence-electron chi connectivity index (χ4n) is 2.49. The molecule has 118 valence electrons. The van der Waals surface area contributed by atoms with Crippen LogP contribution in [0.1, 0.15) is 32.8 Å². The normalized spacial score (nSPS) is 18.6. The Balaban J connectivity index is 2.04. The Morgan fingerprint density at radius 1 is 1.45 bits per heavy atom. The van der Waals surface area contributed by atoms with Crippen molar-refractivity contribution in [2.45, 2.75) is 38.6 Å². The lowest BCUT2D eigenvalue weighted by atomic mass is 9.86. The number of nitrogens with one attached hydrogen (secondary N) is 1. The molecule has 1 N–H and O–H groups in total. The largest absolute Gasteiger partial charge is 0.377 e. The lowest BCUT2D eigenvalue weighted by Crippen LogP contribution is -2.50. The summed E-state index contributed by atoms with van der Waals surface area (Å²) >= 11 is 0. The van der Waals surface area contributed by atoms with Gasteiger partial charge in [0, 0.05) is 12.2 Å². The molecular weight excluding hydrogens is 278 g/mol. The highest BCUT2D eigenvalue weighted by molar-refractivity contribution is 5.89. The zero-order valence-electron chi connectivity index (χ0n) is 13.4. The van der Waals surface area contributed by atoms with Crippen molar-refractivity contribution in [3.63, 3.8) is 0 Å². The number of urea groups is 1. The molecule has 5 nitrogen and oxygen atoms in total. The summed E-state index contributed by atoms with van der Waals surface area (Å²) in [5.74, 6) is 0. The third-order valence-electron chi connectivity index (χ3n) is 4.10. The highest BCUT2D eigenvalue weighted by Gasteiger charge is 2.26. The molecule has 0 aromatic heterocycles. The van der Waals surface area contributed by atoms with E-state index in [9.17, 15) is 4.79 Å². The van der Waals surface area contributed by atoms with Gasteiger partial charge in [0.25, 0.3) is 0 Å². The van der Waals surface area contributed by atoms with Crippen LogP contribution >= 0.6 is 0 Å². The van der Waals surface area contributed by atoms with Crippen molar-refractivity contribution in [2.24, 2.45) is 0 Å². The molecule has 1 atom stereocenters. The van der Waals surface area contributed by atoms with Crippen molar-refractivity contribution in [1.29, 1.82) is 5.26 Å². The number of hydrogen-bond acceptors (Lipinski definition) is 3. The topological polar surface area (TPSA) is 65.4 Å². The number of hydrogen-bond donors (Lipinski definition) is 1. The summed E-state index contributed by atoms with van der Waals surface area (Å²) < 4.78 is 5.42. The molecule has 22 heavy (non-hydrogen) atoms. The molecule has 1 heterocycles. The first-order valence-corrected chi connectivity index (χ1v) is 7.65. The molecule has 0 unspecified atom stereocenters. The van der Waals surface area contributed by atoms with Crippen molar-refractivity contribution < 1.29 is 9.53 Å². The Hall–Kier alpha value is -2.06. The van der Waals surface area contributed by atoms with E-state index in [0.717, 1.165) is 17.7 Å². The maximum absolute atomic E-state index is 12.4. The number of carbonyl (C=O) groups excluding carboxylic acids is 1. The van der Waals surface area contributed by atoms with Crippen LogP contribution in [0, 0.1) is 11.3 Å². The van der Waals surface area contributed by atoms with Gasteiger partial charge < -0.3 is 15.0 Å². The number of carbonyl (C=O) groups is 1. The Bertz CT molecular complexity index is 560. The molecule has 1 fully saturated rings. The van der Waals surface area contributed by atoms with Gasteiger partial charge in [-0.15, -0.1) is 0 Å². The van der Waals surface area contributed by atoms with Crippen LogP contribution in [-0.4, -0.2) is 36.7 Å². The van der Waals surface area contributed by atoms with Crippen LogP contribution in [0.15, 0.2) is 24.3 Å². The molecule has 1 aromatic carbocycles. The highest BCUT2D eigenvalue weighted by atomic mass is 16.5. The summed E-state index contributed by atoms with van der Waals surface area (Å²) in [6, 6.07) is 9.76. The standard InChI is InChI=1S/C17H23N3O2/c1-4-15-11-22-10-9-20(15)16(21)19-14-7-5-13(6-8-14)17(2,3)12-18/h5-8,15H,4,9-11H2,1-3H3,(H,19,21)/t15-/m0/s1. The van der Waals surface area contributed by atoms with E-state index in [1.165, 1.54) is 0 Å². The van der Waals surface area contributed by atoms with Gasteiger partial charge in [0.05, 0.1) is 30.7 Å². The van der Waals surface area contributed by atoms with Crippen molar-refractivity contribution in [1.82, 2.24) is 4.90 Å². The van der Waals surface area contributed by atoms with Crippen LogP contribution in [-0.2, 0) is 10.2 Å². The van der Waals surface area contributed by atoms with E-state index in [-0.39, 0.29) is 12.1 Å². The second kappa shape index (κ2) is 6.80. The molecule has 1 aromatic rings. The third kappa shape index (κ3) is 3.58. The van der Waals surface area contributed by atoms with Crippen molar-refractivity contribution >= 4 is 11.7 Å². The van der Waals surface area contributed by atoms with Crippen LogP contribution in [0.4, 0.5) is 10.5 Å². The molecule has 2 amide bonds. The highest BCUT2D eigenvalue weighted by Crippen LogP contribution is 2.24. The van der Waals surface area contributed by atoms with Gasteiger partial charge in [0.2, 0.25) is 0 Å². The van der Waals surface area contributed by atoms with Crippen LogP contribution < -0.4 is 5.32 Å². The smallest absolute Gasteiger partial charge is 0.322 e. The number of nitrogens with zero attached hydrogens (tertiary/aromatic N) is 2. The van der Waals surface area contributed by atoms with Crippen molar-refractivity contribution in [3.8, 4) is 6.07 Å². The Morgan fingerprint density at radius 2 is 2.14 bits per heavy atom. The Labute approximate surface area is 131 Å². The van der Waals surface area contributed by atoms with Gasteiger partial charge in [-0.2, -0.15) is 5.26 Å². The number of rotatable bonds is 3. The van der Waals surface area contributed by atoms with Gasteiger partial charge >= 0.3 is 6.03 Å². The predicted octanol–water partition coefficient (Wildman–Crippen LogP) is 3.13. The minimum absolute atomic E-state index is 0.0950. The number of ether oxygens (including phenoxy) is 1. The molecule has 1 aliphatic rings. The zero-order valence-corrected chi connectivity index (χ0v) is 13.4. The monoisotopic (exact) mass is 301 g/mol. The van der Waals surface area contributed by atoms with E-state index in [4.69, 9.17) is 10.00 Å². The SMILES string of the molecule is CC[C@H]1COCCN1C(=O)Nc1ccc(C(C)(C)C#N)cc1. The molecule has 2 rings (SSSR count). The molecule has 5 heteroatoms. The summed E-state index contributed by atoms with van der Waals surface area (Å²) in [5.41, 5.74) is 1.15. The molecule has 1 aliphatic heterocycles. The Kier molecular flexibility index (Phi) is 5.04. The predicted molar refractivity (Wildman–Crippen MR) is 85.7 cm³/mol. The lowest BCUT2D eigenvalue weighted by molar-refractivity contribution is 0.0144. The van der Waals surface area contributed by atoms with Gasteiger partial charge in [-0.05, 0) is 38.0 Å². The lowest BCUT2D eigenvalue weighted by Gasteiger charge is -2.35. The fourth-order valence-corrected chi connectivity index (χ4v) is 2.49. The van der Waals surface area contributed by atoms with E-state index in [1.807, 2.05) is 43.0 Å².